The van der Waals surface area contributed by atoms with Crippen molar-refractivity contribution in [3.63, 3.8) is 0 Å². The fraction of sp³-hybridized carbons (Fsp3) is 0.375. The van der Waals surface area contributed by atoms with E-state index in [9.17, 15) is 0 Å². The third kappa shape index (κ3) is 2.97. The second-order valence-corrected chi connectivity index (χ2v) is 4.22. The molecule has 6 heteroatoms. The van der Waals surface area contributed by atoms with Gasteiger partial charge >= 0.3 is 0 Å². The second kappa shape index (κ2) is 4.92. The predicted octanol–water partition coefficient (Wildman–Crippen LogP) is 0.234. The number of aliphatic hydroxyl groups is 1. The Kier molecular flexibility index (Phi) is 3.84. The van der Waals surface area contributed by atoms with Crippen molar-refractivity contribution in [1.29, 1.82) is 5.41 Å². The van der Waals surface area contributed by atoms with Crippen molar-refractivity contribution in [3.05, 3.63) is 18.1 Å². The van der Waals surface area contributed by atoms with E-state index in [-0.39, 0.29) is 17.7 Å². The topological polar surface area (TPSA) is 95.9 Å². The number of amidine groups is 1. The van der Waals surface area contributed by atoms with E-state index >= 15 is 0 Å². The molecule has 1 rings (SSSR count). The molecular weight excluding hydrogens is 200 g/mol. The molecule has 4 N–H and O–H groups in total. The van der Waals surface area contributed by atoms with Crippen molar-refractivity contribution in [2.45, 2.75) is 17.2 Å². The molecule has 1 aromatic rings. The van der Waals surface area contributed by atoms with Gasteiger partial charge in [-0.3, -0.25) is 5.41 Å². The average Bonchev–Trinajstić information content (AvgIpc) is 2.18. The first-order chi connectivity index (χ1) is 6.63. The maximum absolute atomic E-state index is 8.82. The van der Waals surface area contributed by atoms with E-state index < -0.39 is 0 Å². The number of hydrogen-bond acceptors (Lipinski definition) is 5. The number of thioether (sulfide) groups is 1. The van der Waals surface area contributed by atoms with Crippen LogP contribution >= 0.6 is 11.8 Å². The molecular formula is C8H12N4OS. The Morgan fingerprint density at radius 2 is 2.36 bits per heavy atom. The smallest absolute Gasteiger partial charge is 0.143 e. The van der Waals surface area contributed by atoms with Gasteiger partial charge in [-0.1, -0.05) is 18.7 Å². The maximum atomic E-state index is 8.82. The van der Waals surface area contributed by atoms with Gasteiger partial charge in [0.15, 0.2) is 0 Å². The van der Waals surface area contributed by atoms with Gasteiger partial charge < -0.3 is 10.8 Å². The molecule has 0 amide bonds. The second-order valence-electron chi connectivity index (χ2n) is 2.76. The highest BCUT2D eigenvalue weighted by atomic mass is 32.2. The molecule has 1 aromatic heterocycles. The van der Waals surface area contributed by atoms with E-state index in [1.54, 1.807) is 6.20 Å². The zero-order valence-electron chi connectivity index (χ0n) is 7.77. The normalized spacial score (nSPS) is 12.4. The van der Waals surface area contributed by atoms with Crippen LogP contribution in [0.1, 0.15) is 12.6 Å². The molecule has 0 aliphatic carbocycles. The molecule has 1 heterocycles. The minimum Gasteiger partial charge on any atom is -0.395 e. The van der Waals surface area contributed by atoms with Crippen molar-refractivity contribution in [2.24, 2.45) is 5.73 Å². The van der Waals surface area contributed by atoms with Crippen molar-refractivity contribution in [2.75, 3.05) is 6.61 Å². The van der Waals surface area contributed by atoms with E-state index in [0.29, 0.717) is 5.69 Å². The van der Waals surface area contributed by atoms with Crippen LogP contribution in [0.5, 0.6) is 0 Å². The molecule has 0 aromatic carbocycles. The van der Waals surface area contributed by atoms with E-state index in [0.717, 1.165) is 5.03 Å². The first kappa shape index (κ1) is 10.9. The van der Waals surface area contributed by atoms with Crippen LogP contribution in [0.15, 0.2) is 17.4 Å². The lowest BCUT2D eigenvalue weighted by Crippen LogP contribution is -2.13. The predicted molar refractivity (Wildman–Crippen MR) is 55.5 cm³/mol. The van der Waals surface area contributed by atoms with Crippen LogP contribution in [-0.4, -0.2) is 32.8 Å². The van der Waals surface area contributed by atoms with Gasteiger partial charge in [-0.2, -0.15) is 0 Å². The maximum Gasteiger partial charge on any atom is 0.143 e. The zero-order valence-corrected chi connectivity index (χ0v) is 8.58. The van der Waals surface area contributed by atoms with Crippen LogP contribution in [0.25, 0.3) is 0 Å². The van der Waals surface area contributed by atoms with Gasteiger partial charge in [-0.15, -0.1) is 0 Å². The van der Waals surface area contributed by atoms with Gasteiger partial charge in [0.05, 0.1) is 19.0 Å². The van der Waals surface area contributed by atoms with Crippen LogP contribution in [0, 0.1) is 5.41 Å². The Morgan fingerprint density at radius 1 is 1.64 bits per heavy atom. The summed E-state index contributed by atoms with van der Waals surface area (Å²) in [7, 11) is 0. The molecule has 0 aliphatic rings. The first-order valence-electron chi connectivity index (χ1n) is 4.07. The van der Waals surface area contributed by atoms with Gasteiger partial charge in [0.1, 0.15) is 16.6 Å². The molecule has 0 aliphatic heterocycles. The summed E-state index contributed by atoms with van der Waals surface area (Å²) in [6, 6.07) is 0. The fourth-order valence-corrected chi connectivity index (χ4v) is 1.47. The van der Waals surface area contributed by atoms with Crippen LogP contribution in [0.4, 0.5) is 0 Å². The van der Waals surface area contributed by atoms with E-state index in [4.69, 9.17) is 16.2 Å². The molecule has 5 nitrogen and oxygen atoms in total. The Morgan fingerprint density at radius 3 is 2.79 bits per heavy atom. The largest absolute Gasteiger partial charge is 0.395 e. The fourth-order valence-electron chi connectivity index (χ4n) is 0.760. The number of hydrogen-bond donors (Lipinski definition) is 3. The number of rotatable bonds is 4. The summed E-state index contributed by atoms with van der Waals surface area (Å²) >= 11 is 1.43. The third-order valence-electron chi connectivity index (χ3n) is 1.48. The van der Waals surface area contributed by atoms with Gasteiger partial charge in [0, 0.05) is 5.25 Å². The van der Waals surface area contributed by atoms with Crippen molar-refractivity contribution >= 4 is 17.6 Å². The summed E-state index contributed by atoms with van der Waals surface area (Å²) in [5.41, 5.74) is 5.59. The lowest BCUT2D eigenvalue weighted by atomic mass is 10.4. The average molecular weight is 212 g/mol. The minimum absolute atomic E-state index is 0.0903. The summed E-state index contributed by atoms with van der Waals surface area (Å²) in [4.78, 5) is 8.01. The lowest BCUT2D eigenvalue weighted by Gasteiger charge is -2.05. The SMILES string of the molecule is CC(CO)Sc1cnc(C(=N)N)cn1. The van der Waals surface area contributed by atoms with Crippen LogP contribution < -0.4 is 5.73 Å². The molecule has 0 saturated heterocycles. The van der Waals surface area contributed by atoms with Gasteiger partial charge in [0.25, 0.3) is 0 Å². The van der Waals surface area contributed by atoms with Crippen molar-refractivity contribution in [1.82, 2.24) is 9.97 Å². The first-order valence-corrected chi connectivity index (χ1v) is 4.95. The lowest BCUT2D eigenvalue weighted by molar-refractivity contribution is 0.300. The number of aliphatic hydroxyl groups excluding tert-OH is 1. The number of nitrogens with two attached hydrogens (primary N) is 1. The summed E-state index contributed by atoms with van der Waals surface area (Å²) in [6.45, 7) is 1.99. The highest BCUT2D eigenvalue weighted by Gasteiger charge is 2.05. The molecule has 0 radical (unpaired) electrons. The van der Waals surface area contributed by atoms with Gasteiger partial charge in [-0.05, 0) is 0 Å². The number of nitrogens with zero attached hydrogens (tertiary/aromatic N) is 2. The van der Waals surface area contributed by atoms with Crippen molar-refractivity contribution in [3.8, 4) is 0 Å². The van der Waals surface area contributed by atoms with Gasteiger partial charge in [-0.25, -0.2) is 9.97 Å². The van der Waals surface area contributed by atoms with E-state index in [2.05, 4.69) is 9.97 Å². The zero-order chi connectivity index (χ0) is 10.6. The van der Waals surface area contributed by atoms with E-state index in [1.807, 2.05) is 6.92 Å². The molecule has 1 atom stereocenters. The van der Waals surface area contributed by atoms with Crippen LogP contribution in [0.3, 0.4) is 0 Å². The Labute approximate surface area is 86.3 Å². The summed E-state index contributed by atoms with van der Waals surface area (Å²) in [5.74, 6) is -0.0933. The quantitative estimate of drug-likeness (QED) is 0.377. The summed E-state index contributed by atoms with van der Waals surface area (Å²) in [5, 5.41) is 16.7. The van der Waals surface area contributed by atoms with Crippen LogP contribution in [0.2, 0.25) is 0 Å². The highest BCUT2D eigenvalue weighted by Crippen LogP contribution is 2.19. The number of nitrogens with one attached hydrogen (secondary N) is 1. The molecule has 0 bridgehead atoms. The number of aromatic nitrogens is 2. The van der Waals surface area contributed by atoms with Crippen LogP contribution in [-0.2, 0) is 0 Å². The van der Waals surface area contributed by atoms with E-state index in [1.165, 1.54) is 18.0 Å². The highest BCUT2D eigenvalue weighted by molar-refractivity contribution is 7.99. The third-order valence-corrected chi connectivity index (χ3v) is 2.49. The Bertz CT molecular complexity index is 314. The molecule has 76 valence electrons. The summed E-state index contributed by atoms with van der Waals surface area (Å²) < 4.78 is 0. The van der Waals surface area contributed by atoms with Gasteiger partial charge in [0.2, 0.25) is 0 Å². The Hall–Kier alpha value is -1.14. The summed E-state index contributed by atoms with van der Waals surface area (Å²) in [6.07, 6.45) is 3.00. The molecule has 0 saturated carbocycles. The minimum atomic E-state index is -0.0933. The molecule has 1 unspecified atom stereocenters. The molecule has 0 spiro atoms. The Balaban J connectivity index is 2.68. The standard InChI is InChI=1S/C8H12N4OS/c1-5(4-13)14-7-3-11-6(2-12-7)8(9)10/h2-3,5,13H,4H2,1H3,(H3,9,10). The molecule has 0 fully saturated rings. The molecule has 14 heavy (non-hydrogen) atoms. The number of nitrogen functional groups attached to an aromatic ring is 1. The monoisotopic (exact) mass is 212 g/mol. The van der Waals surface area contributed by atoms with Crippen molar-refractivity contribution < 1.29 is 5.11 Å².